The van der Waals surface area contributed by atoms with Crippen LogP contribution in [0.5, 0.6) is 0 Å². The van der Waals surface area contributed by atoms with Crippen molar-refractivity contribution in [1.82, 2.24) is 4.90 Å². The molecule has 1 heterocycles. The second-order valence-electron chi connectivity index (χ2n) is 4.20. The molecular weight excluding hydrogens is 178 g/mol. The van der Waals surface area contributed by atoms with Crippen molar-refractivity contribution in [3.63, 3.8) is 0 Å². The molecule has 1 rings (SSSR count). The topological polar surface area (TPSA) is 72.3 Å². The molecule has 0 aromatic rings. The van der Waals surface area contributed by atoms with Gasteiger partial charge in [-0.3, -0.25) is 9.69 Å². The maximum Gasteiger partial charge on any atom is 0.234 e. The van der Waals surface area contributed by atoms with Crippen LogP contribution in [0.4, 0.5) is 0 Å². The van der Waals surface area contributed by atoms with E-state index in [9.17, 15) is 4.79 Å². The molecule has 0 aliphatic carbocycles. The van der Waals surface area contributed by atoms with E-state index in [4.69, 9.17) is 11.5 Å². The number of nitrogens with zero attached hydrogens (tertiary/aromatic N) is 1. The highest BCUT2D eigenvalue weighted by atomic mass is 16.1. The summed E-state index contributed by atoms with van der Waals surface area (Å²) in [6.07, 6.45) is 3.41. The maximum atomic E-state index is 11.1. The Labute approximate surface area is 85.6 Å². The average Bonchev–Trinajstić information content (AvgIpc) is 2.16. The van der Waals surface area contributed by atoms with Crippen LogP contribution in [-0.2, 0) is 4.79 Å². The van der Waals surface area contributed by atoms with E-state index >= 15 is 0 Å². The fraction of sp³-hybridized carbons (Fsp3) is 0.900. The third-order valence-electron chi connectivity index (χ3n) is 3.22. The number of hydrogen-bond acceptors (Lipinski definition) is 3. The monoisotopic (exact) mass is 199 g/mol. The number of carbonyl (C=O) groups is 1. The molecule has 82 valence electrons. The molecule has 0 saturated carbocycles. The average molecular weight is 199 g/mol. The van der Waals surface area contributed by atoms with Gasteiger partial charge in [-0.25, -0.2) is 0 Å². The molecule has 0 aromatic carbocycles. The van der Waals surface area contributed by atoms with Gasteiger partial charge in [0.15, 0.2) is 0 Å². The first kappa shape index (κ1) is 11.5. The predicted molar refractivity (Wildman–Crippen MR) is 56.7 cm³/mol. The first-order valence-corrected chi connectivity index (χ1v) is 5.34. The molecule has 0 bridgehead atoms. The number of nitrogens with two attached hydrogens (primary N) is 2. The maximum absolute atomic E-state index is 11.1. The number of hydrogen-bond donors (Lipinski definition) is 2. The molecule has 3 atom stereocenters. The summed E-state index contributed by atoms with van der Waals surface area (Å²) in [6.45, 7) is 4.62. The molecule has 4 heteroatoms. The minimum atomic E-state index is -0.253. The first-order valence-electron chi connectivity index (χ1n) is 5.34. The smallest absolute Gasteiger partial charge is 0.234 e. The first-order chi connectivity index (χ1) is 6.57. The molecule has 1 aliphatic heterocycles. The summed E-state index contributed by atoms with van der Waals surface area (Å²) in [5, 5.41) is 0. The molecule has 0 radical (unpaired) electrons. The quantitative estimate of drug-likeness (QED) is 0.675. The fourth-order valence-corrected chi connectivity index (χ4v) is 2.39. The molecule has 4 nitrogen and oxygen atoms in total. The van der Waals surface area contributed by atoms with Crippen LogP contribution in [0.25, 0.3) is 0 Å². The van der Waals surface area contributed by atoms with E-state index in [-0.39, 0.29) is 11.9 Å². The van der Waals surface area contributed by atoms with E-state index in [1.807, 2.05) is 6.92 Å². The second-order valence-corrected chi connectivity index (χ2v) is 4.20. The van der Waals surface area contributed by atoms with Gasteiger partial charge in [0.2, 0.25) is 5.91 Å². The number of likely N-dealkylation sites (tertiary alicyclic amines) is 1. The fourth-order valence-electron chi connectivity index (χ4n) is 2.39. The van der Waals surface area contributed by atoms with Crippen LogP contribution in [0.15, 0.2) is 0 Å². The molecule has 1 aliphatic rings. The highest BCUT2D eigenvalue weighted by Gasteiger charge is 2.32. The van der Waals surface area contributed by atoms with Crippen molar-refractivity contribution in [2.24, 2.45) is 11.5 Å². The van der Waals surface area contributed by atoms with Crippen LogP contribution in [0.1, 0.15) is 33.1 Å². The van der Waals surface area contributed by atoms with Crippen LogP contribution >= 0.6 is 0 Å². The van der Waals surface area contributed by atoms with Crippen molar-refractivity contribution >= 4 is 5.91 Å². The third-order valence-corrected chi connectivity index (χ3v) is 3.22. The highest BCUT2D eigenvalue weighted by Crippen LogP contribution is 2.24. The van der Waals surface area contributed by atoms with Crippen molar-refractivity contribution in [3.8, 4) is 0 Å². The summed E-state index contributed by atoms with van der Waals surface area (Å²) in [5.74, 6) is -0.253. The zero-order valence-corrected chi connectivity index (χ0v) is 9.07. The van der Waals surface area contributed by atoms with Crippen LogP contribution < -0.4 is 11.5 Å². The SMILES string of the molecule is CC1CCCC(CN)N1C(C)C(N)=O. The van der Waals surface area contributed by atoms with Crippen molar-refractivity contribution in [2.45, 2.75) is 51.2 Å². The third kappa shape index (κ3) is 2.25. The number of primary amides is 1. The molecular formula is C10H21N3O. The summed E-state index contributed by atoms with van der Waals surface area (Å²) in [5.41, 5.74) is 11.0. The van der Waals surface area contributed by atoms with Crippen molar-refractivity contribution in [1.29, 1.82) is 0 Å². The Kier molecular flexibility index (Phi) is 3.89. The number of amides is 1. The Morgan fingerprint density at radius 3 is 2.71 bits per heavy atom. The van der Waals surface area contributed by atoms with Crippen LogP contribution in [0, 0.1) is 0 Å². The van der Waals surface area contributed by atoms with Crippen molar-refractivity contribution in [3.05, 3.63) is 0 Å². The van der Waals surface area contributed by atoms with E-state index in [1.165, 1.54) is 6.42 Å². The highest BCUT2D eigenvalue weighted by molar-refractivity contribution is 5.79. The largest absolute Gasteiger partial charge is 0.368 e. The zero-order valence-electron chi connectivity index (χ0n) is 9.07. The predicted octanol–water partition coefficient (Wildman–Crippen LogP) is 0.0619. The Morgan fingerprint density at radius 1 is 1.57 bits per heavy atom. The standard InChI is InChI=1S/C10H21N3O/c1-7-4-3-5-9(6-11)13(7)8(2)10(12)14/h7-9H,3-6,11H2,1-2H3,(H2,12,14). The lowest BCUT2D eigenvalue weighted by Crippen LogP contribution is -2.56. The Balaban J connectivity index is 2.72. The number of rotatable bonds is 3. The molecule has 14 heavy (non-hydrogen) atoms. The van der Waals surface area contributed by atoms with Gasteiger partial charge in [0, 0.05) is 18.6 Å². The lowest BCUT2D eigenvalue weighted by molar-refractivity contribution is -0.125. The Morgan fingerprint density at radius 2 is 2.21 bits per heavy atom. The van der Waals surface area contributed by atoms with E-state index in [0.717, 1.165) is 12.8 Å². The number of piperidine rings is 1. The number of carbonyl (C=O) groups excluding carboxylic acids is 1. The second kappa shape index (κ2) is 4.75. The molecule has 1 amide bonds. The van der Waals surface area contributed by atoms with Gasteiger partial charge >= 0.3 is 0 Å². The van der Waals surface area contributed by atoms with Gasteiger partial charge in [0.25, 0.3) is 0 Å². The normalized spacial score (nSPS) is 31.4. The summed E-state index contributed by atoms with van der Waals surface area (Å²) in [4.78, 5) is 13.3. The van der Waals surface area contributed by atoms with Gasteiger partial charge in [-0.1, -0.05) is 6.42 Å². The van der Waals surface area contributed by atoms with Gasteiger partial charge in [0.1, 0.15) is 0 Å². The van der Waals surface area contributed by atoms with Crippen molar-refractivity contribution in [2.75, 3.05) is 6.54 Å². The van der Waals surface area contributed by atoms with E-state index in [0.29, 0.717) is 18.6 Å². The Hall–Kier alpha value is -0.610. The van der Waals surface area contributed by atoms with Crippen LogP contribution in [-0.4, -0.2) is 35.5 Å². The molecule has 4 N–H and O–H groups in total. The summed E-state index contributed by atoms with van der Waals surface area (Å²) < 4.78 is 0. The summed E-state index contributed by atoms with van der Waals surface area (Å²) in [7, 11) is 0. The molecule has 0 aromatic heterocycles. The molecule has 0 spiro atoms. The van der Waals surface area contributed by atoms with Gasteiger partial charge in [0.05, 0.1) is 6.04 Å². The minimum absolute atomic E-state index is 0.196. The van der Waals surface area contributed by atoms with E-state index in [1.54, 1.807) is 0 Å². The van der Waals surface area contributed by atoms with E-state index < -0.39 is 0 Å². The molecule has 3 unspecified atom stereocenters. The Bertz CT molecular complexity index is 208. The van der Waals surface area contributed by atoms with Gasteiger partial charge in [-0.15, -0.1) is 0 Å². The van der Waals surface area contributed by atoms with Gasteiger partial charge < -0.3 is 11.5 Å². The summed E-state index contributed by atoms with van der Waals surface area (Å²) >= 11 is 0. The van der Waals surface area contributed by atoms with Crippen LogP contribution in [0.3, 0.4) is 0 Å². The van der Waals surface area contributed by atoms with E-state index in [2.05, 4.69) is 11.8 Å². The van der Waals surface area contributed by atoms with Gasteiger partial charge in [-0.2, -0.15) is 0 Å². The van der Waals surface area contributed by atoms with Crippen LogP contribution in [0.2, 0.25) is 0 Å². The lowest BCUT2D eigenvalue weighted by atomic mass is 9.94. The minimum Gasteiger partial charge on any atom is -0.368 e. The van der Waals surface area contributed by atoms with Gasteiger partial charge in [-0.05, 0) is 26.7 Å². The zero-order chi connectivity index (χ0) is 10.7. The lowest BCUT2D eigenvalue weighted by Gasteiger charge is -2.42. The molecule has 1 fully saturated rings. The molecule has 1 saturated heterocycles. The van der Waals surface area contributed by atoms with Crippen molar-refractivity contribution < 1.29 is 4.79 Å². The summed E-state index contributed by atoms with van der Waals surface area (Å²) in [6, 6.07) is 0.542.